The lowest BCUT2D eigenvalue weighted by Crippen LogP contribution is -2.50. The summed E-state index contributed by atoms with van der Waals surface area (Å²) in [6, 6.07) is -0.228. The summed E-state index contributed by atoms with van der Waals surface area (Å²) in [6.45, 7) is 2.96. The minimum Gasteiger partial charge on any atom is -0.391 e. The Labute approximate surface area is 89.8 Å². The van der Waals surface area contributed by atoms with Gasteiger partial charge in [0.15, 0.2) is 0 Å². The van der Waals surface area contributed by atoms with Crippen molar-refractivity contribution in [2.45, 2.75) is 25.8 Å². The highest BCUT2D eigenvalue weighted by Gasteiger charge is 2.26. The summed E-state index contributed by atoms with van der Waals surface area (Å²) in [5, 5.41) is 16.2. The SMILES string of the molecule is CCCNC=C1C[C@@H](NC)C(=O)NC1=N. The van der Waals surface area contributed by atoms with Gasteiger partial charge in [0.1, 0.15) is 5.84 Å². The van der Waals surface area contributed by atoms with Crippen LogP contribution in [0.15, 0.2) is 11.8 Å². The Hall–Kier alpha value is -1.36. The minimum atomic E-state index is -0.228. The molecule has 0 aromatic rings. The van der Waals surface area contributed by atoms with E-state index in [-0.39, 0.29) is 17.8 Å². The molecule has 5 heteroatoms. The molecule has 0 radical (unpaired) electrons. The topological polar surface area (TPSA) is 77.0 Å². The van der Waals surface area contributed by atoms with Crippen molar-refractivity contribution in [3.8, 4) is 0 Å². The van der Waals surface area contributed by atoms with Gasteiger partial charge in [-0.05, 0) is 13.5 Å². The molecule has 1 aliphatic heterocycles. The zero-order valence-electron chi connectivity index (χ0n) is 9.18. The first-order chi connectivity index (χ1) is 7.19. The number of nitrogens with one attached hydrogen (secondary N) is 4. The van der Waals surface area contributed by atoms with Crippen molar-refractivity contribution in [3.05, 3.63) is 11.8 Å². The number of carbonyl (C=O) groups excluding carboxylic acids is 1. The Morgan fingerprint density at radius 2 is 2.40 bits per heavy atom. The normalized spacial score (nSPS) is 24.1. The molecule has 0 aromatic carbocycles. The van der Waals surface area contributed by atoms with Crippen LogP contribution in [-0.4, -0.2) is 31.4 Å². The molecule has 1 rings (SSSR count). The average molecular weight is 210 g/mol. The standard InChI is InChI=1S/C10H18N4O/c1-3-4-13-6-7-5-8(12-2)10(15)14-9(7)11/h6,8,12-13H,3-5H2,1-2H3,(H2,11,14,15)/t8-/m1/s1. The first kappa shape index (κ1) is 11.7. The molecule has 1 fully saturated rings. The van der Waals surface area contributed by atoms with Crippen LogP contribution in [0.5, 0.6) is 0 Å². The minimum absolute atomic E-state index is 0.129. The van der Waals surface area contributed by atoms with E-state index in [9.17, 15) is 4.79 Å². The van der Waals surface area contributed by atoms with Crippen molar-refractivity contribution in [2.75, 3.05) is 13.6 Å². The molecule has 1 saturated heterocycles. The molecule has 1 amide bonds. The molecule has 4 N–H and O–H groups in total. The highest BCUT2D eigenvalue weighted by atomic mass is 16.2. The Morgan fingerprint density at radius 3 is 3.00 bits per heavy atom. The Bertz CT molecular complexity index is 285. The number of amides is 1. The summed E-state index contributed by atoms with van der Waals surface area (Å²) < 4.78 is 0. The van der Waals surface area contributed by atoms with E-state index in [2.05, 4.69) is 22.9 Å². The summed E-state index contributed by atoms with van der Waals surface area (Å²) >= 11 is 0. The van der Waals surface area contributed by atoms with Crippen LogP contribution in [-0.2, 0) is 4.79 Å². The van der Waals surface area contributed by atoms with Crippen molar-refractivity contribution in [3.63, 3.8) is 0 Å². The predicted octanol–water partition coefficient (Wildman–Crippen LogP) is -0.0449. The van der Waals surface area contributed by atoms with Crippen LogP contribution in [0.25, 0.3) is 0 Å². The van der Waals surface area contributed by atoms with E-state index in [1.807, 2.05) is 6.20 Å². The van der Waals surface area contributed by atoms with E-state index in [0.29, 0.717) is 6.42 Å². The molecule has 84 valence electrons. The van der Waals surface area contributed by atoms with E-state index in [1.54, 1.807) is 7.05 Å². The zero-order valence-corrected chi connectivity index (χ0v) is 9.18. The number of amidine groups is 1. The van der Waals surface area contributed by atoms with E-state index in [1.165, 1.54) is 0 Å². The number of rotatable bonds is 4. The van der Waals surface area contributed by atoms with Gasteiger partial charge in [-0.1, -0.05) is 6.92 Å². The second-order valence-electron chi connectivity index (χ2n) is 3.53. The summed E-state index contributed by atoms with van der Waals surface area (Å²) in [5.74, 6) is 0.0743. The van der Waals surface area contributed by atoms with Gasteiger partial charge in [0.05, 0.1) is 6.04 Å². The van der Waals surface area contributed by atoms with E-state index in [0.717, 1.165) is 18.5 Å². The fourth-order valence-corrected chi connectivity index (χ4v) is 1.41. The van der Waals surface area contributed by atoms with Crippen LogP contribution >= 0.6 is 0 Å². The molecule has 0 saturated carbocycles. The quantitative estimate of drug-likeness (QED) is 0.492. The smallest absolute Gasteiger partial charge is 0.242 e. The molecule has 0 spiro atoms. The number of piperidine rings is 1. The molecule has 5 nitrogen and oxygen atoms in total. The van der Waals surface area contributed by atoms with Crippen LogP contribution in [0.1, 0.15) is 19.8 Å². The summed E-state index contributed by atoms with van der Waals surface area (Å²) in [6.07, 6.45) is 3.42. The maximum atomic E-state index is 11.3. The van der Waals surface area contributed by atoms with Gasteiger partial charge in [-0.25, -0.2) is 0 Å². The second kappa shape index (κ2) is 5.50. The van der Waals surface area contributed by atoms with E-state index < -0.39 is 0 Å². The lowest BCUT2D eigenvalue weighted by molar-refractivity contribution is -0.121. The van der Waals surface area contributed by atoms with Gasteiger partial charge < -0.3 is 16.0 Å². The summed E-state index contributed by atoms with van der Waals surface area (Å²) in [4.78, 5) is 11.3. The first-order valence-electron chi connectivity index (χ1n) is 5.18. The number of likely N-dealkylation sites (N-methyl/N-ethyl adjacent to an activating group) is 1. The molecule has 1 heterocycles. The van der Waals surface area contributed by atoms with E-state index in [4.69, 9.17) is 5.41 Å². The monoisotopic (exact) mass is 210 g/mol. The molecule has 0 aliphatic carbocycles. The number of carbonyl (C=O) groups is 1. The third-order valence-electron chi connectivity index (χ3n) is 2.33. The Kier molecular flexibility index (Phi) is 4.30. The van der Waals surface area contributed by atoms with Crippen molar-refractivity contribution in [1.82, 2.24) is 16.0 Å². The fraction of sp³-hybridized carbons (Fsp3) is 0.600. The largest absolute Gasteiger partial charge is 0.391 e. The zero-order chi connectivity index (χ0) is 11.3. The van der Waals surface area contributed by atoms with Crippen LogP contribution in [0, 0.1) is 5.41 Å². The fourth-order valence-electron chi connectivity index (χ4n) is 1.41. The number of hydrogen-bond acceptors (Lipinski definition) is 4. The maximum absolute atomic E-state index is 11.3. The molecule has 15 heavy (non-hydrogen) atoms. The van der Waals surface area contributed by atoms with Crippen molar-refractivity contribution >= 4 is 11.7 Å². The molecular formula is C10H18N4O. The predicted molar refractivity (Wildman–Crippen MR) is 59.7 cm³/mol. The van der Waals surface area contributed by atoms with Gasteiger partial charge in [0, 0.05) is 24.7 Å². The van der Waals surface area contributed by atoms with Crippen LogP contribution < -0.4 is 16.0 Å². The number of hydrogen-bond donors (Lipinski definition) is 4. The van der Waals surface area contributed by atoms with E-state index >= 15 is 0 Å². The Balaban J connectivity index is 2.60. The molecule has 1 aliphatic rings. The molecule has 1 atom stereocenters. The molecule has 0 bridgehead atoms. The maximum Gasteiger partial charge on any atom is 0.242 e. The van der Waals surface area contributed by atoms with Crippen molar-refractivity contribution in [1.29, 1.82) is 5.41 Å². The van der Waals surface area contributed by atoms with Crippen LogP contribution in [0.3, 0.4) is 0 Å². The highest BCUT2D eigenvalue weighted by molar-refractivity contribution is 6.10. The lowest BCUT2D eigenvalue weighted by atomic mass is 10.0. The van der Waals surface area contributed by atoms with Gasteiger partial charge in [0.2, 0.25) is 5.91 Å². The molecule has 0 unspecified atom stereocenters. The second-order valence-corrected chi connectivity index (χ2v) is 3.53. The van der Waals surface area contributed by atoms with Gasteiger partial charge in [-0.3, -0.25) is 10.2 Å². The van der Waals surface area contributed by atoms with Crippen LogP contribution in [0.4, 0.5) is 0 Å². The molecular weight excluding hydrogens is 192 g/mol. The summed E-state index contributed by atoms with van der Waals surface area (Å²) in [5.41, 5.74) is 0.836. The third kappa shape index (κ3) is 3.06. The average Bonchev–Trinajstić information content (AvgIpc) is 2.21. The van der Waals surface area contributed by atoms with Gasteiger partial charge in [-0.2, -0.15) is 0 Å². The first-order valence-corrected chi connectivity index (χ1v) is 5.18. The van der Waals surface area contributed by atoms with Gasteiger partial charge in [-0.15, -0.1) is 0 Å². The summed E-state index contributed by atoms with van der Waals surface area (Å²) in [7, 11) is 1.75. The van der Waals surface area contributed by atoms with Crippen molar-refractivity contribution < 1.29 is 4.79 Å². The van der Waals surface area contributed by atoms with Crippen molar-refractivity contribution in [2.24, 2.45) is 0 Å². The molecule has 0 aromatic heterocycles. The lowest BCUT2D eigenvalue weighted by Gasteiger charge is -2.24. The van der Waals surface area contributed by atoms with Crippen LogP contribution in [0.2, 0.25) is 0 Å². The highest BCUT2D eigenvalue weighted by Crippen LogP contribution is 2.10. The van der Waals surface area contributed by atoms with Gasteiger partial charge in [0.25, 0.3) is 0 Å². The third-order valence-corrected chi connectivity index (χ3v) is 2.33. The Morgan fingerprint density at radius 1 is 1.67 bits per heavy atom. The van der Waals surface area contributed by atoms with Gasteiger partial charge >= 0.3 is 0 Å².